The molecule has 0 aromatic heterocycles. The van der Waals surface area contributed by atoms with E-state index in [4.69, 9.17) is 5.73 Å². The van der Waals surface area contributed by atoms with Crippen molar-refractivity contribution in [3.63, 3.8) is 0 Å². The lowest BCUT2D eigenvalue weighted by Gasteiger charge is -2.14. The van der Waals surface area contributed by atoms with Crippen LogP contribution in [-0.4, -0.2) is 26.0 Å². The molecule has 0 aliphatic carbocycles. The summed E-state index contributed by atoms with van der Waals surface area (Å²) in [5, 5.41) is 0. The van der Waals surface area contributed by atoms with E-state index in [0.29, 0.717) is 0 Å². The number of nitrogen functional groups attached to an aromatic ring is 1. The zero-order valence-corrected chi connectivity index (χ0v) is 12.7. The van der Waals surface area contributed by atoms with Crippen LogP contribution < -0.4 is 10.5 Å². The van der Waals surface area contributed by atoms with Crippen LogP contribution in [0.4, 0.5) is 10.1 Å². The summed E-state index contributed by atoms with van der Waals surface area (Å²) in [6.07, 6.45) is 0.744. The molecule has 0 aliphatic heterocycles. The molecule has 0 amide bonds. The first kappa shape index (κ1) is 16.3. The molecule has 0 bridgehead atoms. The molecule has 1 unspecified atom stereocenters. The van der Waals surface area contributed by atoms with Crippen molar-refractivity contribution in [2.24, 2.45) is 0 Å². The van der Waals surface area contributed by atoms with Crippen LogP contribution in [0.2, 0.25) is 0 Å². The Balaban J connectivity index is 2.72. The number of benzene rings is 1. The van der Waals surface area contributed by atoms with E-state index >= 15 is 0 Å². The van der Waals surface area contributed by atoms with Crippen molar-refractivity contribution < 1.29 is 12.8 Å². The van der Waals surface area contributed by atoms with Crippen molar-refractivity contribution in [1.29, 1.82) is 0 Å². The molecule has 7 heteroatoms. The van der Waals surface area contributed by atoms with Crippen molar-refractivity contribution in [3.8, 4) is 0 Å². The number of hydrogen-bond donors (Lipinski definition) is 2. The summed E-state index contributed by atoms with van der Waals surface area (Å²) in [7, 11) is -3.64. The number of rotatable bonds is 7. The second-order valence-electron chi connectivity index (χ2n) is 4.19. The average Bonchev–Trinajstić information content (AvgIpc) is 2.32. The summed E-state index contributed by atoms with van der Waals surface area (Å²) in [5.41, 5.74) is 5.21. The third kappa shape index (κ3) is 5.00. The van der Waals surface area contributed by atoms with Crippen LogP contribution in [0.25, 0.3) is 0 Å². The highest BCUT2D eigenvalue weighted by molar-refractivity contribution is 7.99. The third-order valence-electron chi connectivity index (χ3n) is 2.53. The van der Waals surface area contributed by atoms with Gasteiger partial charge in [0.05, 0.1) is 10.6 Å². The van der Waals surface area contributed by atoms with Gasteiger partial charge in [-0.1, -0.05) is 6.92 Å². The summed E-state index contributed by atoms with van der Waals surface area (Å²) >= 11 is 1.76. The molecular weight excluding hydrogens is 287 g/mol. The van der Waals surface area contributed by atoms with Crippen molar-refractivity contribution in [2.45, 2.75) is 31.2 Å². The Hall–Kier alpha value is -0.790. The van der Waals surface area contributed by atoms with E-state index < -0.39 is 15.8 Å². The van der Waals surface area contributed by atoms with Gasteiger partial charge in [0.25, 0.3) is 0 Å². The predicted molar refractivity (Wildman–Crippen MR) is 78.2 cm³/mol. The molecule has 1 aromatic rings. The molecule has 3 N–H and O–H groups in total. The van der Waals surface area contributed by atoms with Crippen LogP contribution >= 0.6 is 11.8 Å². The topological polar surface area (TPSA) is 72.2 Å². The summed E-state index contributed by atoms with van der Waals surface area (Å²) in [6.45, 7) is 3.86. The fourth-order valence-electron chi connectivity index (χ4n) is 1.49. The van der Waals surface area contributed by atoms with Gasteiger partial charge in [0.2, 0.25) is 10.0 Å². The van der Waals surface area contributed by atoms with Gasteiger partial charge >= 0.3 is 0 Å². The minimum absolute atomic E-state index is 0.0126. The SMILES string of the molecule is CCSCCC(C)NS(=O)(=O)c1ccc(F)c(N)c1. The van der Waals surface area contributed by atoms with Gasteiger partial charge in [0.15, 0.2) is 0 Å². The molecule has 1 rings (SSSR count). The number of nitrogens with one attached hydrogen (secondary N) is 1. The Kier molecular flexibility index (Phi) is 6.09. The van der Waals surface area contributed by atoms with Crippen LogP contribution in [0.15, 0.2) is 23.1 Å². The van der Waals surface area contributed by atoms with Crippen LogP contribution in [-0.2, 0) is 10.0 Å². The molecule has 1 aromatic carbocycles. The molecule has 0 saturated carbocycles. The Morgan fingerprint density at radius 3 is 2.74 bits per heavy atom. The number of anilines is 1. The zero-order chi connectivity index (χ0) is 14.5. The highest BCUT2D eigenvalue weighted by Crippen LogP contribution is 2.17. The van der Waals surface area contributed by atoms with E-state index in [0.717, 1.165) is 30.1 Å². The first-order valence-corrected chi connectivity index (χ1v) is 8.65. The first-order valence-electron chi connectivity index (χ1n) is 6.02. The van der Waals surface area contributed by atoms with Gasteiger partial charge in [0, 0.05) is 6.04 Å². The van der Waals surface area contributed by atoms with Crippen molar-refractivity contribution in [3.05, 3.63) is 24.0 Å². The van der Waals surface area contributed by atoms with Gasteiger partial charge in [-0.25, -0.2) is 17.5 Å². The summed E-state index contributed by atoms with van der Waals surface area (Å²) < 4.78 is 39.7. The monoisotopic (exact) mass is 306 g/mol. The maximum absolute atomic E-state index is 13.0. The van der Waals surface area contributed by atoms with Gasteiger partial charge in [0.1, 0.15) is 5.82 Å². The Labute approximate surface area is 118 Å². The lowest BCUT2D eigenvalue weighted by Crippen LogP contribution is -2.33. The second kappa shape index (κ2) is 7.12. The number of nitrogens with two attached hydrogens (primary N) is 1. The number of sulfonamides is 1. The fourth-order valence-corrected chi connectivity index (χ4v) is 3.61. The Morgan fingerprint density at radius 2 is 2.16 bits per heavy atom. The molecular formula is C12H19FN2O2S2. The van der Waals surface area contributed by atoms with E-state index in [1.54, 1.807) is 18.7 Å². The predicted octanol–water partition coefficient (Wildman–Crippen LogP) is 2.22. The molecule has 0 fully saturated rings. The zero-order valence-electron chi connectivity index (χ0n) is 11.0. The largest absolute Gasteiger partial charge is 0.396 e. The smallest absolute Gasteiger partial charge is 0.240 e. The van der Waals surface area contributed by atoms with Crippen molar-refractivity contribution in [1.82, 2.24) is 4.72 Å². The molecule has 1 atom stereocenters. The average molecular weight is 306 g/mol. The molecule has 0 heterocycles. The van der Waals surface area contributed by atoms with Gasteiger partial charge in [-0.15, -0.1) is 0 Å². The molecule has 0 spiro atoms. The van der Waals surface area contributed by atoms with E-state index in [-0.39, 0.29) is 16.6 Å². The number of thioether (sulfide) groups is 1. The van der Waals surface area contributed by atoms with E-state index in [2.05, 4.69) is 11.6 Å². The Bertz CT molecular complexity index is 520. The molecule has 108 valence electrons. The molecule has 0 saturated heterocycles. The van der Waals surface area contributed by atoms with E-state index in [1.807, 2.05) is 0 Å². The lowest BCUT2D eigenvalue weighted by atomic mass is 10.3. The van der Waals surface area contributed by atoms with Crippen LogP contribution in [0.3, 0.4) is 0 Å². The van der Waals surface area contributed by atoms with Crippen molar-refractivity contribution in [2.75, 3.05) is 17.2 Å². The third-order valence-corrected chi connectivity index (χ3v) is 5.05. The van der Waals surface area contributed by atoms with E-state index in [9.17, 15) is 12.8 Å². The van der Waals surface area contributed by atoms with Gasteiger partial charge in [-0.3, -0.25) is 0 Å². The standard InChI is InChI=1S/C12H19FN2O2S2/c1-3-18-7-6-9(2)15-19(16,17)10-4-5-11(13)12(14)8-10/h4-5,8-9,15H,3,6-7,14H2,1-2H3. The maximum Gasteiger partial charge on any atom is 0.240 e. The van der Waals surface area contributed by atoms with Crippen LogP contribution in [0.5, 0.6) is 0 Å². The van der Waals surface area contributed by atoms with Gasteiger partial charge in [-0.05, 0) is 43.0 Å². The summed E-state index contributed by atoms with van der Waals surface area (Å²) in [6, 6.07) is 3.23. The molecule has 4 nitrogen and oxygen atoms in total. The normalized spacial score (nSPS) is 13.4. The summed E-state index contributed by atoms with van der Waals surface area (Å²) in [5.74, 6) is 1.28. The highest BCUT2D eigenvalue weighted by atomic mass is 32.2. The minimum atomic E-state index is -3.64. The lowest BCUT2D eigenvalue weighted by molar-refractivity contribution is 0.556. The number of halogens is 1. The summed E-state index contributed by atoms with van der Waals surface area (Å²) in [4.78, 5) is -0.0126. The molecule has 0 aliphatic rings. The molecule has 19 heavy (non-hydrogen) atoms. The Morgan fingerprint density at radius 1 is 1.47 bits per heavy atom. The fraction of sp³-hybridized carbons (Fsp3) is 0.500. The maximum atomic E-state index is 13.0. The van der Waals surface area contributed by atoms with Gasteiger partial charge in [-0.2, -0.15) is 11.8 Å². The van der Waals surface area contributed by atoms with E-state index in [1.165, 1.54) is 6.07 Å². The van der Waals surface area contributed by atoms with Crippen molar-refractivity contribution >= 4 is 27.5 Å². The molecule has 0 radical (unpaired) electrons. The van der Waals surface area contributed by atoms with Crippen LogP contribution in [0.1, 0.15) is 20.3 Å². The minimum Gasteiger partial charge on any atom is -0.396 e. The quantitative estimate of drug-likeness (QED) is 0.598. The highest BCUT2D eigenvalue weighted by Gasteiger charge is 2.18. The first-order chi connectivity index (χ1) is 8.86. The second-order valence-corrected chi connectivity index (χ2v) is 7.30. The number of hydrogen-bond acceptors (Lipinski definition) is 4. The van der Waals surface area contributed by atoms with Crippen LogP contribution in [0, 0.1) is 5.82 Å². The van der Waals surface area contributed by atoms with Gasteiger partial charge < -0.3 is 5.73 Å².